The smallest absolute Gasteiger partial charge is 0.492 e. The van der Waals surface area contributed by atoms with E-state index in [1.165, 1.54) is 30.3 Å². The zero-order valence-electron chi connectivity index (χ0n) is 11.1. The topological polar surface area (TPSA) is 9.23 Å². The standard InChI is InChI=1S/C13H9BClF4O.K/c15-10-6-5-9(12(16)7-10)8-20-13-4-2-1-3-11(13)14(17,18)19;/h1-7H,8H2;/q-1;+1. The van der Waals surface area contributed by atoms with Gasteiger partial charge in [-0.15, -0.1) is 0 Å². The van der Waals surface area contributed by atoms with Gasteiger partial charge in [0.25, 0.3) is 0 Å². The Morgan fingerprint density at radius 1 is 1.05 bits per heavy atom. The first-order valence-electron chi connectivity index (χ1n) is 5.73. The fourth-order valence-electron chi connectivity index (χ4n) is 1.68. The number of ether oxygens (including phenoxy) is 1. The zero-order chi connectivity index (χ0) is 14.8. The van der Waals surface area contributed by atoms with Gasteiger partial charge in [-0.05, 0) is 18.2 Å². The van der Waals surface area contributed by atoms with Crippen molar-refractivity contribution in [1.82, 2.24) is 0 Å². The van der Waals surface area contributed by atoms with E-state index in [1.807, 2.05) is 0 Å². The second kappa shape index (κ2) is 7.99. The molecule has 2 aromatic rings. The summed E-state index contributed by atoms with van der Waals surface area (Å²) in [6.45, 7) is -5.48. The monoisotopic (exact) mass is 342 g/mol. The third kappa shape index (κ3) is 5.26. The molecule has 0 bridgehead atoms. The molecule has 106 valence electrons. The van der Waals surface area contributed by atoms with Crippen molar-refractivity contribution in [2.24, 2.45) is 0 Å². The van der Waals surface area contributed by atoms with Crippen LogP contribution >= 0.6 is 11.6 Å². The van der Waals surface area contributed by atoms with Crippen molar-refractivity contribution in [3.63, 3.8) is 0 Å². The fourth-order valence-corrected chi connectivity index (χ4v) is 1.84. The van der Waals surface area contributed by atoms with Crippen molar-refractivity contribution in [1.29, 1.82) is 0 Å². The van der Waals surface area contributed by atoms with Crippen molar-refractivity contribution in [2.75, 3.05) is 0 Å². The van der Waals surface area contributed by atoms with E-state index in [0.29, 0.717) is 0 Å². The van der Waals surface area contributed by atoms with E-state index in [9.17, 15) is 17.3 Å². The van der Waals surface area contributed by atoms with Gasteiger partial charge < -0.3 is 17.7 Å². The summed E-state index contributed by atoms with van der Waals surface area (Å²) >= 11 is 5.59. The molecule has 2 aromatic carbocycles. The van der Waals surface area contributed by atoms with Crippen LogP contribution in [0.25, 0.3) is 0 Å². The Morgan fingerprint density at radius 2 is 1.71 bits per heavy atom. The van der Waals surface area contributed by atoms with Gasteiger partial charge in [0.2, 0.25) is 0 Å². The average Bonchev–Trinajstić information content (AvgIpc) is 2.37. The Balaban J connectivity index is 0.00000220. The Hall–Kier alpha value is -0.0487. The van der Waals surface area contributed by atoms with Crippen LogP contribution in [0, 0.1) is 5.82 Å². The molecule has 2 rings (SSSR count). The molecule has 0 unspecified atom stereocenters. The first kappa shape index (κ1) is 19.0. The zero-order valence-corrected chi connectivity index (χ0v) is 15.0. The predicted octanol–water partition coefficient (Wildman–Crippen LogP) is 1.12. The third-order valence-electron chi connectivity index (χ3n) is 2.67. The summed E-state index contributed by atoms with van der Waals surface area (Å²) in [6, 6.07) is 8.76. The SMILES string of the molecule is Fc1cc(Cl)ccc1COc1ccccc1[B-](F)(F)F.[K+]. The first-order chi connectivity index (χ1) is 9.38. The summed E-state index contributed by atoms with van der Waals surface area (Å²) in [5.74, 6) is -0.929. The van der Waals surface area contributed by atoms with Crippen LogP contribution in [-0.4, -0.2) is 6.98 Å². The van der Waals surface area contributed by atoms with Gasteiger partial charge in [0, 0.05) is 10.6 Å². The molecule has 0 aliphatic heterocycles. The van der Waals surface area contributed by atoms with Crippen LogP contribution in [0.3, 0.4) is 0 Å². The molecule has 0 aromatic heterocycles. The van der Waals surface area contributed by atoms with E-state index in [4.69, 9.17) is 16.3 Å². The molecule has 0 saturated heterocycles. The molecule has 0 fully saturated rings. The van der Waals surface area contributed by atoms with Crippen LogP contribution in [0.15, 0.2) is 42.5 Å². The van der Waals surface area contributed by atoms with Crippen molar-refractivity contribution in [3.8, 4) is 5.75 Å². The molecule has 0 aliphatic carbocycles. The van der Waals surface area contributed by atoms with Crippen molar-refractivity contribution in [2.45, 2.75) is 6.61 Å². The molecule has 0 radical (unpaired) electrons. The second-order valence-electron chi connectivity index (χ2n) is 4.14. The van der Waals surface area contributed by atoms with Gasteiger partial charge in [-0.3, -0.25) is 0 Å². The van der Waals surface area contributed by atoms with Crippen molar-refractivity contribution >= 4 is 24.0 Å². The summed E-state index contributed by atoms with van der Waals surface area (Å²) < 4.78 is 57.0. The number of benzene rings is 2. The Kier molecular flexibility index (Phi) is 7.23. The van der Waals surface area contributed by atoms with Gasteiger partial charge in [0.05, 0.1) is 5.75 Å². The summed E-state index contributed by atoms with van der Waals surface area (Å²) in [7, 11) is 0. The van der Waals surface area contributed by atoms with Crippen LogP contribution in [0.1, 0.15) is 5.56 Å². The quantitative estimate of drug-likeness (QED) is 0.598. The molecule has 0 amide bonds. The second-order valence-corrected chi connectivity index (χ2v) is 4.57. The Bertz CT molecular complexity index is 621. The van der Waals surface area contributed by atoms with Gasteiger partial charge in [-0.25, -0.2) is 4.39 Å². The predicted molar refractivity (Wildman–Crippen MR) is 70.9 cm³/mol. The molecular formula is C13H9BClF4KO. The molecular weight excluding hydrogens is 333 g/mol. The van der Waals surface area contributed by atoms with Crippen molar-refractivity contribution in [3.05, 3.63) is 58.9 Å². The van der Waals surface area contributed by atoms with Gasteiger partial charge in [0.1, 0.15) is 12.4 Å². The van der Waals surface area contributed by atoms with E-state index in [1.54, 1.807) is 0 Å². The van der Waals surface area contributed by atoms with E-state index < -0.39 is 18.3 Å². The third-order valence-corrected chi connectivity index (χ3v) is 2.91. The average molecular weight is 343 g/mol. The Labute approximate surface area is 167 Å². The largest absolute Gasteiger partial charge is 1.00 e. The minimum absolute atomic E-state index is 0. The molecule has 21 heavy (non-hydrogen) atoms. The van der Waals surface area contributed by atoms with Crippen LogP contribution in [0.4, 0.5) is 17.3 Å². The fraction of sp³-hybridized carbons (Fsp3) is 0.0769. The van der Waals surface area contributed by atoms with Crippen molar-refractivity contribution < 1.29 is 73.5 Å². The molecule has 0 N–H and O–H groups in total. The number of rotatable bonds is 4. The molecule has 1 nitrogen and oxygen atoms in total. The van der Waals surface area contributed by atoms with E-state index >= 15 is 0 Å². The molecule has 0 atom stereocenters. The van der Waals surface area contributed by atoms with Crippen LogP contribution in [0.5, 0.6) is 5.75 Å². The minimum atomic E-state index is -5.18. The summed E-state index contributed by atoms with van der Waals surface area (Å²) in [5, 5.41) is 0.213. The van der Waals surface area contributed by atoms with E-state index in [0.717, 1.165) is 12.1 Å². The van der Waals surface area contributed by atoms with Gasteiger partial charge in [-0.1, -0.05) is 41.3 Å². The first-order valence-corrected chi connectivity index (χ1v) is 6.11. The number of hydrogen-bond donors (Lipinski definition) is 0. The summed E-state index contributed by atoms with van der Waals surface area (Å²) in [4.78, 5) is 0. The summed E-state index contributed by atoms with van der Waals surface area (Å²) in [5.41, 5.74) is -0.694. The molecule has 0 aliphatic rings. The van der Waals surface area contributed by atoms with Gasteiger partial charge in [-0.2, -0.15) is 0 Å². The van der Waals surface area contributed by atoms with Crippen LogP contribution < -0.4 is 61.6 Å². The van der Waals surface area contributed by atoms with E-state index in [2.05, 4.69) is 0 Å². The number of para-hydroxylation sites is 1. The summed E-state index contributed by atoms with van der Waals surface area (Å²) in [6.07, 6.45) is 0. The molecule has 0 spiro atoms. The number of halogens is 5. The molecule has 0 heterocycles. The minimum Gasteiger partial charge on any atom is -0.492 e. The molecule has 0 saturated carbocycles. The van der Waals surface area contributed by atoms with E-state index in [-0.39, 0.29) is 74.3 Å². The normalized spacial score (nSPS) is 10.9. The maximum Gasteiger partial charge on any atom is 1.00 e. The van der Waals surface area contributed by atoms with Crippen LogP contribution in [0.2, 0.25) is 5.02 Å². The van der Waals surface area contributed by atoms with Crippen LogP contribution in [-0.2, 0) is 6.61 Å². The van der Waals surface area contributed by atoms with Gasteiger partial charge >= 0.3 is 58.4 Å². The molecule has 8 heteroatoms. The van der Waals surface area contributed by atoms with Gasteiger partial charge in [0.15, 0.2) is 0 Å². The maximum absolute atomic E-state index is 13.5. The maximum atomic E-state index is 13.5. The Morgan fingerprint density at radius 3 is 2.33 bits per heavy atom. The number of hydrogen-bond acceptors (Lipinski definition) is 1.